The molecule has 0 spiro atoms. The van der Waals surface area contributed by atoms with Crippen LogP contribution in [0.4, 0.5) is 0 Å². The third kappa shape index (κ3) is 3.11. The molecule has 0 aliphatic carbocycles. The Morgan fingerprint density at radius 2 is 1.78 bits per heavy atom. The van der Waals surface area contributed by atoms with Crippen LogP contribution in [-0.2, 0) is 5.88 Å². The normalized spacial score (nSPS) is 10.4. The smallest absolute Gasteiger partial charge is 0.131 e. The van der Waals surface area contributed by atoms with E-state index in [-0.39, 0.29) is 0 Å². The number of ether oxygens (including phenoxy) is 1. The molecule has 18 heavy (non-hydrogen) atoms. The molecule has 0 aliphatic rings. The number of hydrogen-bond donors (Lipinski definition) is 0. The Balaban J connectivity index is 2.30. The summed E-state index contributed by atoms with van der Waals surface area (Å²) in [7, 11) is 0. The third-order valence-corrected chi connectivity index (χ3v) is 3.51. The maximum Gasteiger partial charge on any atom is 0.131 e. The number of benzene rings is 2. The Kier molecular flexibility index (Phi) is 4.39. The van der Waals surface area contributed by atoms with E-state index in [0.717, 1.165) is 16.9 Å². The van der Waals surface area contributed by atoms with E-state index in [2.05, 4.69) is 0 Å². The van der Waals surface area contributed by atoms with Crippen LogP contribution in [0.5, 0.6) is 11.5 Å². The van der Waals surface area contributed by atoms with Crippen molar-refractivity contribution in [3.8, 4) is 11.5 Å². The molecular formula is C14H11Cl3O. The molecule has 0 saturated heterocycles. The van der Waals surface area contributed by atoms with Gasteiger partial charge in [-0.1, -0.05) is 40.9 Å². The SMILES string of the molecule is Cc1ccc(Oc2ccc(Cl)c(Cl)c2)c(CCl)c1. The molecule has 0 fully saturated rings. The molecule has 0 radical (unpaired) electrons. The first-order valence-corrected chi connectivity index (χ1v) is 6.67. The largest absolute Gasteiger partial charge is 0.457 e. The van der Waals surface area contributed by atoms with Crippen LogP contribution < -0.4 is 4.74 Å². The van der Waals surface area contributed by atoms with Gasteiger partial charge in [-0.15, -0.1) is 11.6 Å². The van der Waals surface area contributed by atoms with E-state index < -0.39 is 0 Å². The summed E-state index contributed by atoms with van der Waals surface area (Å²) in [5, 5.41) is 0.971. The number of hydrogen-bond acceptors (Lipinski definition) is 1. The van der Waals surface area contributed by atoms with Crippen LogP contribution >= 0.6 is 34.8 Å². The van der Waals surface area contributed by atoms with E-state index in [4.69, 9.17) is 39.5 Å². The molecule has 0 N–H and O–H groups in total. The summed E-state index contributed by atoms with van der Waals surface area (Å²) in [5.41, 5.74) is 2.09. The first-order chi connectivity index (χ1) is 8.60. The first kappa shape index (κ1) is 13.5. The fraction of sp³-hybridized carbons (Fsp3) is 0.143. The standard InChI is InChI=1S/C14H11Cl3O/c1-9-2-5-14(10(6-9)8-15)18-11-3-4-12(16)13(17)7-11/h2-7H,8H2,1H3. The Hall–Kier alpha value is -0.890. The second-order valence-electron chi connectivity index (χ2n) is 3.92. The topological polar surface area (TPSA) is 9.23 Å². The van der Waals surface area contributed by atoms with Crippen LogP contribution in [0.1, 0.15) is 11.1 Å². The molecule has 2 rings (SSSR count). The van der Waals surface area contributed by atoms with Crippen molar-refractivity contribution in [3.05, 3.63) is 57.6 Å². The minimum absolute atomic E-state index is 0.401. The molecule has 0 bridgehead atoms. The van der Waals surface area contributed by atoms with Crippen LogP contribution in [0.3, 0.4) is 0 Å². The van der Waals surface area contributed by atoms with Gasteiger partial charge in [-0.05, 0) is 25.1 Å². The maximum atomic E-state index is 5.94. The lowest BCUT2D eigenvalue weighted by Gasteiger charge is -2.11. The van der Waals surface area contributed by atoms with Crippen LogP contribution in [0.15, 0.2) is 36.4 Å². The van der Waals surface area contributed by atoms with Crippen LogP contribution in [0, 0.1) is 6.92 Å². The summed E-state index contributed by atoms with van der Waals surface area (Å²) in [6.07, 6.45) is 0. The zero-order valence-corrected chi connectivity index (χ0v) is 12.0. The van der Waals surface area contributed by atoms with Crippen LogP contribution in [0.2, 0.25) is 10.0 Å². The van der Waals surface area contributed by atoms with Gasteiger partial charge in [-0.25, -0.2) is 0 Å². The van der Waals surface area contributed by atoms with Gasteiger partial charge in [0.2, 0.25) is 0 Å². The van der Waals surface area contributed by atoms with E-state index in [9.17, 15) is 0 Å². The summed E-state index contributed by atoms with van der Waals surface area (Å²) in [5.74, 6) is 1.77. The molecule has 0 unspecified atom stereocenters. The molecule has 0 aromatic heterocycles. The number of alkyl halides is 1. The average Bonchev–Trinajstić information content (AvgIpc) is 2.36. The molecule has 4 heteroatoms. The Morgan fingerprint density at radius 3 is 2.44 bits per heavy atom. The predicted molar refractivity (Wildman–Crippen MR) is 77.3 cm³/mol. The highest BCUT2D eigenvalue weighted by molar-refractivity contribution is 6.42. The number of aryl methyl sites for hydroxylation is 1. The molecule has 94 valence electrons. The molecule has 0 amide bonds. The summed E-state index contributed by atoms with van der Waals surface area (Å²) < 4.78 is 5.76. The summed E-state index contributed by atoms with van der Waals surface area (Å²) in [6.45, 7) is 2.01. The minimum atomic E-state index is 0.401. The Labute approximate surface area is 121 Å². The molecule has 0 heterocycles. The molecular weight excluding hydrogens is 291 g/mol. The first-order valence-electron chi connectivity index (χ1n) is 5.38. The van der Waals surface area contributed by atoms with Gasteiger partial charge < -0.3 is 4.74 Å². The lowest BCUT2D eigenvalue weighted by Crippen LogP contribution is -1.90. The van der Waals surface area contributed by atoms with E-state index in [0.29, 0.717) is 21.7 Å². The second kappa shape index (κ2) is 5.83. The van der Waals surface area contributed by atoms with Gasteiger partial charge in [0.1, 0.15) is 11.5 Å². The molecule has 0 aliphatic heterocycles. The predicted octanol–water partition coefficient (Wildman–Crippen LogP) is 5.83. The van der Waals surface area contributed by atoms with E-state index in [1.165, 1.54) is 0 Å². The van der Waals surface area contributed by atoms with Crippen LogP contribution in [0.25, 0.3) is 0 Å². The average molecular weight is 302 g/mol. The Morgan fingerprint density at radius 1 is 1.00 bits per heavy atom. The molecule has 2 aromatic rings. The van der Waals surface area contributed by atoms with Crippen molar-refractivity contribution >= 4 is 34.8 Å². The van der Waals surface area contributed by atoms with Gasteiger partial charge in [0.15, 0.2) is 0 Å². The fourth-order valence-electron chi connectivity index (χ4n) is 1.58. The number of halogens is 3. The van der Waals surface area contributed by atoms with E-state index >= 15 is 0 Å². The summed E-state index contributed by atoms with van der Waals surface area (Å²) in [4.78, 5) is 0. The van der Waals surface area contributed by atoms with Gasteiger partial charge in [-0.3, -0.25) is 0 Å². The van der Waals surface area contributed by atoms with Gasteiger partial charge in [-0.2, -0.15) is 0 Å². The highest BCUT2D eigenvalue weighted by Gasteiger charge is 2.06. The van der Waals surface area contributed by atoms with E-state index in [1.54, 1.807) is 18.2 Å². The van der Waals surface area contributed by atoms with Crippen molar-refractivity contribution in [2.45, 2.75) is 12.8 Å². The molecule has 2 aromatic carbocycles. The summed E-state index contributed by atoms with van der Waals surface area (Å²) >= 11 is 17.7. The zero-order valence-electron chi connectivity index (χ0n) is 9.71. The van der Waals surface area contributed by atoms with Crippen molar-refractivity contribution in [2.75, 3.05) is 0 Å². The van der Waals surface area contributed by atoms with Crippen molar-refractivity contribution in [3.63, 3.8) is 0 Å². The minimum Gasteiger partial charge on any atom is -0.457 e. The Bertz CT molecular complexity index is 567. The third-order valence-electron chi connectivity index (χ3n) is 2.48. The van der Waals surface area contributed by atoms with Gasteiger partial charge in [0, 0.05) is 11.6 Å². The van der Waals surface area contributed by atoms with Gasteiger partial charge in [0.05, 0.1) is 15.9 Å². The lowest BCUT2D eigenvalue weighted by molar-refractivity contribution is 0.478. The van der Waals surface area contributed by atoms with Crippen molar-refractivity contribution in [1.29, 1.82) is 0 Å². The maximum absolute atomic E-state index is 5.94. The number of rotatable bonds is 3. The molecule has 0 saturated carbocycles. The molecule has 1 nitrogen and oxygen atoms in total. The van der Waals surface area contributed by atoms with Crippen molar-refractivity contribution < 1.29 is 4.74 Å². The molecule has 0 atom stereocenters. The van der Waals surface area contributed by atoms with Crippen LogP contribution in [-0.4, -0.2) is 0 Å². The monoisotopic (exact) mass is 300 g/mol. The fourth-order valence-corrected chi connectivity index (χ4v) is 2.08. The quantitative estimate of drug-likeness (QED) is 0.648. The van der Waals surface area contributed by atoms with Crippen molar-refractivity contribution in [1.82, 2.24) is 0 Å². The zero-order chi connectivity index (χ0) is 13.1. The summed E-state index contributed by atoms with van der Waals surface area (Å²) in [6, 6.07) is 11.0. The van der Waals surface area contributed by atoms with E-state index in [1.807, 2.05) is 25.1 Å². The highest BCUT2D eigenvalue weighted by Crippen LogP contribution is 2.31. The highest BCUT2D eigenvalue weighted by atomic mass is 35.5. The van der Waals surface area contributed by atoms with Gasteiger partial charge in [0.25, 0.3) is 0 Å². The second-order valence-corrected chi connectivity index (χ2v) is 5.00. The lowest BCUT2D eigenvalue weighted by atomic mass is 10.1. The van der Waals surface area contributed by atoms with Crippen molar-refractivity contribution in [2.24, 2.45) is 0 Å². The van der Waals surface area contributed by atoms with Gasteiger partial charge >= 0.3 is 0 Å².